The van der Waals surface area contributed by atoms with Gasteiger partial charge in [0.15, 0.2) is 0 Å². The van der Waals surface area contributed by atoms with E-state index in [0.29, 0.717) is 10.6 Å². The predicted molar refractivity (Wildman–Crippen MR) is 98.1 cm³/mol. The molecular weight excluding hydrogens is 395 g/mol. The smallest absolute Gasteiger partial charge is 0.267 e. The van der Waals surface area contributed by atoms with E-state index in [1.807, 2.05) is 49.4 Å². The van der Waals surface area contributed by atoms with Crippen molar-refractivity contribution in [3.05, 3.63) is 56.5 Å². The highest BCUT2D eigenvalue weighted by molar-refractivity contribution is 14.1. The van der Waals surface area contributed by atoms with Crippen molar-refractivity contribution in [3.63, 3.8) is 0 Å². The second-order valence-electron chi connectivity index (χ2n) is 4.76. The molecule has 0 fully saturated rings. The van der Waals surface area contributed by atoms with Gasteiger partial charge in [0.1, 0.15) is 4.88 Å². The second kappa shape index (κ2) is 5.65. The van der Waals surface area contributed by atoms with E-state index in [-0.39, 0.29) is 5.91 Å². The molecule has 0 aliphatic rings. The van der Waals surface area contributed by atoms with E-state index in [4.69, 9.17) is 5.73 Å². The molecule has 3 rings (SSSR count). The number of hydrogen-bond acceptors (Lipinski definition) is 3. The number of benzene rings is 2. The van der Waals surface area contributed by atoms with Crippen LogP contribution in [0.1, 0.15) is 15.2 Å². The van der Waals surface area contributed by atoms with Gasteiger partial charge in [-0.15, -0.1) is 11.3 Å². The van der Waals surface area contributed by atoms with Gasteiger partial charge in [-0.3, -0.25) is 4.79 Å². The molecule has 0 aliphatic heterocycles. The number of thiophene rings is 1. The Morgan fingerprint density at radius 2 is 1.90 bits per heavy atom. The van der Waals surface area contributed by atoms with Gasteiger partial charge in [-0.1, -0.05) is 18.2 Å². The molecule has 0 unspecified atom stereocenters. The minimum Gasteiger partial charge on any atom is -0.397 e. The van der Waals surface area contributed by atoms with Crippen molar-refractivity contribution in [3.8, 4) is 0 Å². The molecule has 21 heavy (non-hydrogen) atoms. The zero-order valence-corrected chi connectivity index (χ0v) is 14.3. The quantitative estimate of drug-likeness (QED) is 0.607. The van der Waals surface area contributed by atoms with E-state index in [1.165, 1.54) is 11.3 Å². The first-order chi connectivity index (χ1) is 10.1. The van der Waals surface area contributed by atoms with Crippen LogP contribution >= 0.6 is 33.9 Å². The number of aryl methyl sites for hydroxylation is 1. The molecule has 0 bridgehead atoms. The van der Waals surface area contributed by atoms with E-state index in [1.54, 1.807) is 0 Å². The number of carbonyl (C=O) groups excluding carboxylic acids is 1. The Morgan fingerprint density at radius 3 is 2.57 bits per heavy atom. The summed E-state index contributed by atoms with van der Waals surface area (Å²) in [6, 6.07) is 13.6. The zero-order valence-electron chi connectivity index (χ0n) is 11.3. The third kappa shape index (κ3) is 2.75. The lowest BCUT2D eigenvalue weighted by Gasteiger charge is -2.04. The molecule has 1 heterocycles. The van der Waals surface area contributed by atoms with Crippen molar-refractivity contribution in [1.82, 2.24) is 0 Å². The number of carbonyl (C=O) groups is 1. The molecule has 3 aromatic rings. The molecule has 0 aliphatic carbocycles. The maximum atomic E-state index is 12.4. The molecule has 5 heteroatoms. The molecule has 1 aromatic heterocycles. The third-order valence-corrected chi connectivity index (χ3v) is 5.33. The van der Waals surface area contributed by atoms with Crippen LogP contribution in [-0.4, -0.2) is 5.91 Å². The van der Waals surface area contributed by atoms with E-state index >= 15 is 0 Å². The molecule has 1 amide bonds. The lowest BCUT2D eigenvalue weighted by molar-refractivity contribution is 0.103. The van der Waals surface area contributed by atoms with Crippen LogP contribution in [0.5, 0.6) is 0 Å². The number of nitrogen functional groups attached to an aromatic ring is 1. The fourth-order valence-electron chi connectivity index (χ4n) is 2.17. The lowest BCUT2D eigenvalue weighted by Crippen LogP contribution is -2.11. The van der Waals surface area contributed by atoms with Gasteiger partial charge >= 0.3 is 0 Å². The number of halogens is 1. The van der Waals surface area contributed by atoms with Crippen molar-refractivity contribution in [2.45, 2.75) is 6.92 Å². The van der Waals surface area contributed by atoms with Crippen molar-refractivity contribution in [1.29, 1.82) is 0 Å². The summed E-state index contributed by atoms with van der Waals surface area (Å²) < 4.78 is 2.20. The summed E-state index contributed by atoms with van der Waals surface area (Å²) in [5.41, 5.74) is 8.60. The number of hydrogen-bond donors (Lipinski definition) is 2. The van der Waals surface area contributed by atoms with Gasteiger partial charge in [-0.25, -0.2) is 0 Å². The monoisotopic (exact) mass is 408 g/mol. The molecule has 3 nitrogen and oxygen atoms in total. The number of rotatable bonds is 2. The average Bonchev–Trinajstić information content (AvgIpc) is 2.81. The van der Waals surface area contributed by atoms with E-state index in [9.17, 15) is 4.79 Å². The van der Waals surface area contributed by atoms with Gasteiger partial charge in [-0.2, -0.15) is 0 Å². The van der Waals surface area contributed by atoms with Gasteiger partial charge in [0, 0.05) is 19.3 Å². The Kier molecular flexibility index (Phi) is 3.86. The van der Waals surface area contributed by atoms with Crippen molar-refractivity contribution >= 4 is 61.3 Å². The van der Waals surface area contributed by atoms with Crippen molar-refractivity contribution in [2.75, 3.05) is 11.1 Å². The Bertz CT molecular complexity index is 824. The summed E-state index contributed by atoms with van der Waals surface area (Å²) >= 11 is 3.67. The van der Waals surface area contributed by atoms with Crippen LogP contribution in [0, 0.1) is 10.5 Å². The average molecular weight is 408 g/mol. The Labute approximate surface area is 140 Å². The molecular formula is C16H13IN2OS. The molecule has 0 radical (unpaired) electrons. The summed E-state index contributed by atoms with van der Waals surface area (Å²) in [5, 5.41) is 3.85. The third-order valence-electron chi connectivity index (χ3n) is 3.26. The van der Waals surface area contributed by atoms with Crippen LogP contribution in [0.25, 0.3) is 10.1 Å². The van der Waals surface area contributed by atoms with E-state index in [0.717, 1.165) is 24.9 Å². The highest BCUT2D eigenvalue weighted by Gasteiger charge is 2.17. The van der Waals surface area contributed by atoms with Crippen LogP contribution in [0.3, 0.4) is 0 Å². The van der Waals surface area contributed by atoms with Gasteiger partial charge < -0.3 is 11.1 Å². The molecule has 2 aromatic carbocycles. The first-order valence-electron chi connectivity index (χ1n) is 6.41. The highest BCUT2D eigenvalue weighted by atomic mass is 127. The van der Waals surface area contributed by atoms with Crippen LogP contribution < -0.4 is 11.1 Å². The maximum Gasteiger partial charge on any atom is 0.267 e. The molecule has 0 atom stereocenters. The molecule has 3 N–H and O–H groups in total. The number of nitrogens with one attached hydrogen (secondary N) is 1. The van der Waals surface area contributed by atoms with Gasteiger partial charge in [0.2, 0.25) is 0 Å². The SMILES string of the molecule is Cc1cccc2c(N)c(C(=O)Nc3ccc(I)cc3)sc12. The lowest BCUT2D eigenvalue weighted by atomic mass is 10.1. The number of anilines is 2. The second-order valence-corrected chi connectivity index (χ2v) is 7.02. The Morgan fingerprint density at radius 1 is 1.19 bits per heavy atom. The first-order valence-corrected chi connectivity index (χ1v) is 8.30. The maximum absolute atomic E-state index is 12.4. The van der Waals surface area contributed by atoms with Gasteiger partial charge in [0.05, 0.1) is 5.69 Å². The summed E-state index contributed by atoms with van der Waals surface area (Å²) in [4.78, 5) is 13.0. The standard InChI is InChI=1S/C16H13IN2OS/c1-9-3-2-4-12-13(18)15(21-14(9)12)16(20)19-11-7-5-10(17)6-8-11/h2-8H,18H2,1H3,(H,19,20). The summed E-state index contributed by atoms with van der Waals surface area (Å²) in [7, 11) is 0. The van der Waals surface area contributed by atoms with Crippen molar-refractivity contribution in [2.24, 2.45) is 0 Å². The molecule has 0 saturated carbocycles. The summed E-state index contributed by atoms with van der Waals surface area (Å²) in [6.45, 7) is 2.03. The largest absolute Gasteiger partial charge is 0.397 e. The summed E-state index contributed by atoms with van der Waals surface area (Å²) in [5.74, 6) is -0.158. The van der Waals surface area contributed by atoms with Gasteiger partial charge in [0.25, 0.3) is 5.91 Å². The molecule has 0 spiro atoms. The van der Waals surface area contributed by atoms with Crippen molar-refractivity contribution < 1.29 is 4.79 Å². The fraction of sp³-hybridized carbons (Fsp3) is 0.0625. The van der Waals surface area contributed by atoms with Crippen LogP contribution in [0.2, 0.25) is 0 Å². The topological polar surface area (TPSA) is 55.1 Å². The van der Waals surface area contributed by atoms with Crippen LogP contribution in [0.4, 0.5) is 11.4 Å². The molecule has 106 valence electrons. The molecule has 0 saturated heterocycles. The number of amides is 1. The van der Waals surface area contributed by atoms with E-state index in [2.05, 4.69) is 27.9 Å². The minimum absolute atomic E-state index is 0.158. The summed E-state index contributed by atoms with van der Waals surface area (Å²) in [6.07, 6.45) is 0. The fourth-order valence-corrected chi connectivity index (χ4v) is 3.61. The predicted octanol–water partition coefficient (Wildman–Crippen LogP) is 4.65. The normalized spacial score (nSPS) is 10.8. The number of nitrogens with two attached hydrogens (primary N) is 1. The van der Waals surface area contributed by atoms with Crippen LogP contribution in [0.15, 0.2) is 42.5 Å². The minimum atomic E-state index is -0.158. The Balaban J connectivity index is 1.96. The first kappa shape index (κ1) is 14.3. The number of fused-ring (bicyclic) bond motifs is 1. The zero-order chi connectivity index (χ0) is 15.0. The van der Waals surface area contributed by atoms with Gasteiger partial charge in [-0.05, 0) is 59.3 Å². The Hall–Kier alpha value is -1.60. The highest BCUT2D eigenvalue weighted by Crippen LogP contribution is 2.35. The van der Waals surface area contributed by atoms with E-state index < -0.39 is 0 Å². The van der Waals surface area contributed by atoms with Crippen LogP contribution in [-0.2, 0) is 0 Å².